The van der Waals surface area contributed by atoms with Gasteiger partial charge in [0.1, 0.15) is 11.4 Å². The number of halogens is 1. The summed E-state index contributed by atoms with van der Waals surface area (Å²) in [5.41, 5.74) is 1.79. The molecule has 3 heterocycles. The van der Waals surface area contributed by atoms with Crippen LogP contribution >= 0.6 is 22.9 Å². The zero-order valence-corrected chi connectivity index (χ0v) is 15.2. The van der Waals surface area contributed by atoms with Gasteiger partial charge < -0.3 is 4.42 Å². The van der Waals surface area contributed by atoms with E-state index in [1.807, 2.05) is 18.2 Å². The third kappa shape index (κ3) is 2.47. The summed E-state index contributed by atoms with van der Waals surface area (Å²) in [5, 5.41) is 9.38. The van der Waals surface area contributed by atoms with E-state index in [0.29, 0.717) is 22.4 Å². The van der Waals surface area contributed by atoms with Crippen LogP contribution in [0.4, 0.5) is 0 Å². The molecule has 1 aromatic carbocycles. The summed E-state index contributed by atoms with van der Waals surface area (Å²) in [6.07, 6.45) is 4.65. The van der Waals surface area contributed by atoms with Crippen LogP contribution in [0.1, 0.15) is 22.8 Å². The Morgan fingerprint density at radius 3 is 3.00 bits per heavy atom. The van der Waals surface area contributed by atoms with E-state index in [2.05, 4.69) is 15.2 Å². The summed E-state index contributed by atoms with van der Waals surface area (Å²) < 4.78 is 7.23. The number of hydrogen-bond donors (Lipinski definition) is 0. The van der Waals surface area contributed by atoms with Crippen LogP contribution in [0.25, 0.3) is 21.7 Å². The van der Waals surface area contributed by atoms with Crippen LogP contribution in [0.15, 0.2) is 39.8 Å². The quantitative estimate of drug-likeness (QED) is 0.538. The van der Waals surface area contributed by atoms with E-state index in [4.69, 9.17) is 16.0 Å². The van der Waals surface area contributed by atoms with Gasteiger partial charge in [-0.25, -0.2) is 4.98 Å². The number of fused-ring (bicyclic) bond motifs is 3. The molecule has 0 N–H and O–H groups in total. The van der Waals surface area contributed by atoms with Crippen molar-refractivity contribution in [2.45, 2.75) is 25.8 Å². The van der Waals surface area contributed by atoms with Gasteiger partial charge in [-0.3, -0.25) is 9.36 Å². The van der Waals surface area contributed by atoms with Crippen LogP contribution in [0.2, 0.25) is 5.02 Å². The second-order valence-corrected chi connectivity index (χ2v) is 7.69. The number of nitrogens with zero attached hydrogens (tertiary/aromatic N) is 4. The van der Waals surface area contributed by atoms with E-state index in [1.165, 1.54) is 15.0 Å². The molecule has 130 valence electrons. The van der Waals surface area contributed by atoms with Crippen molar-refractivity contribution >= 4 is 33.2 Å². The lowest BCUT2D eigenvalue weighted by Crippen LogP contribution is -2.21. The molecular formula is C18H13ClN4O2S. The lowest BCUT2D eigenvalue weighted by atomic mass is 10.2. The summed E-state index contributed by atoms with van der Waals surface area (Å²) >= 11 is 7.80. The Hall–Kier alpha value is -2.51. The first-order valence-electron chi connectivity index (χ1n) is 8.27. The maximum absolute atomic E-state index is 12.9. The Morgan fingerprint density at radius 1 is 1.23 bits per heavy atom. The minimum absolute atomic E-state index is 0.0492. The summed E-state index contributed by atoms with van der Waals surface area (Å²) in [4.78, 5) is 19.5. The van der Waals surface area contributed by atoms with Gasteiger partial charge in [-0.2, -0.15) is 0 Å². The Kier molecular flexibility index (Phi) is 3.65. The first-order chi connectivity index (χ1) is 12.7. The molecule has 0 atom stereocenters. The number of benzene rings is 1. The molecule has 0 aliphatic heterocycles. The molecular weight excluding hydrogens is 372 g/mol. The van der Waals surface area contributed by atoms with Crippen LogP contribution in [-0.4, -0.2) is 19.7 Å². The molecule has 0 saturated carbocycles. The van der Waals surface area contributed by atoms with Crippen molar-refractivity contribution in [2.24, 2.45) is 0 Å². The highest BCUT2D eigenvalue weighted by Crippen LogP contribution is 2.34. The average Bonchev–Trinajstić information content (AvgIpc) is 3.33. The number of rotatable bonds is 3. The van der Waals surface area contributed by atoms with Gasteiger partial charge in [0.05, 0.1) is 22.3 Å². The Bertz CT molecular complexity index is 1190. The lowest BCUT2D eigenvalue weighted by molar-refractivity contribution is 0.483. The fourth-order valence-electron chi connectivity index (χ4n) is 3.34. The van der Waals surface area contributed by atoms with E-state index in [0.717, 1.165) is 29.5 Å². The van der Waals surface area contributed by atoms with Crippen molar-refractivity contribution < 1.29 is 4.42 Å². The molecule has 1 aliphatic rings. The van der Waals surface area contributed by atoms with E-state index < -0.39 is 0 Å². The van der Waals surface area contributed by atoms with Crippen molar-refractivity contribution in [2.75, 3.05) is 0 Å². The highest BCUT2D eigenvalue weighted by molar-refractivity contribution is 7.18. The molecule has 0 radical (unpaired) electrons. The molecule has 0 fully saturated rings. The zero-order chi connectivity index (χ0) is 17.7. The predicted octanol–water partition coefficient (Wildman–Crippen LogP) is 3.70. The van der Waals surface area contributed by atoms with Gasteiger partial charge in [0.15, 0.2) is 0 Å². The second-order valence-electron chi connectivity index (χ2n) is 6.20. The number of aryl methyl sites for hydroxylation is 2. The van der Waals surface area contributed by atoms with Crippen LogP contribution in [0, 0.1) is 0 Å². The molecule has 0 saturated heterocycles. The predicted molar refractivity (Wildman–Crippen MR) is 99.8 cm³/mol. The molecule has 6 nitrogen and oxygen atoms in total. The van der Waals surface area contributed by atoms with E-state index in [1.54, 1.807) is 23.7 Å². The van der Waals surface area contributed by atoms with Gasteiger partial charge in [0.25, 0.3) is 5.56 Å². The molecule has 3 aromatic heterocycles. The molecule has 0 spiro atoms. The molecule has 26 heavy (non-hydrogen) atoms. The fourth-order valence-corrected chi connectivity index (χ4v) is 4.77. The zero-order valence-electron chi connectivity index (χ0n) is 13.6. The van der Waals surface area contributed by atoms with E-state index in [9.17, 15) is 4.79 Å². The summed E-state index contributed by atoms with van der Waals surface area (Å²) in [7, 11) is 0. The van der Waals surface area contributed by atoms with Gasteiger partial charge in [-0.05, 0) is 37.0 Å². The maximum Gasteiger partial charge on any atom is 0.262 e. The van der Waals surface area contributed by atoms with Gasteiger partial charge in [-0.15, -0.1) is 21.5 Å². The maximum atomic E-state index is 12.9. The first-order valence-corrected chi connectivity index (χ1v) is 9.47. The SMILES string of the molecule is O=c1c2c3c(sc2ncn1Cc1nnc(-c2ccccc2Cl)o1)CCC3. The minimum atomic E-state index is -0.0492. The Labute approximate surface area is 157 Å². The molecule has 4 aromatic rings. The van der Waals surface area contributed by atoms with Gasteiger partial charge in [0, 0.05) is 4.88 Å². The van der Waals surface area contributed by atoms with Crippen molar-refractivity contribution in [3.05, 3.63) is 62.3 Å². The minimum Gasteiger partial charge on any atom is -0.419 e. The van der Waals surface area contributed by atoms with Crippen molar-refractivity contribution in [3.8, 4) is 11.5 Å². The number of thiophene rings is 1. The standard InChI is InChI=1S/C18H13ClN4O2S/c19-12-6-2-1-4-10(12)16-22-21-14(25-16)8-23-9-20-17-15(18(23)24)11-5-3-7-13(11)26-17/h1-2,4,6,9H,3,5,7-8H2. The third-order valence-electron chi connectivity index (χ3n) is 4.57. The van der Waals surface area contributed by atoms with Crippen LogP contribution in [0.5, 0.6) is 0 Å². The normalized spacial score (nSPS) is 13.4. The fraction of sp³-hybridized carbons (Fsp3) is 0.222. The van der Waals surface area contributed by atoms with Gasteiger partial charge >= 0.3 is 0 Å². The smallest absolute Gasteiger partial charge is 0.262 e. The molecule has 5 rings (SSSR count). The second kappa shape index (κ2) is 6.03. The number of hydrogen-bond acceptors (Lipinski definition) is 6. The lowest BCUT2D eigenvalue weighted by Gasteiger charge is -2.02. The van der Waals surface area contributed by atoms with Crippen molar-refractivity contribution in [3.63, 3.8) is 0 Å². The summed E-state index contributed by atoms with van der Waals surface area (Å²) in [6.45, 7) is 0.184. The van der Waals surface area contributed by atoms with Crippen molar-refractivity contribution in [1.82, 2.24) is 19.7 Å². The summed E-state index contributed by atoms with van der Waals surface area (Å²) in [6, 6.07) is 7.27. The van der Waals surface area contributed by atoms with Crippen LogP contribution in [-0.2, 0) is 19.4 Å². The van der Waals surface area contributed by atoms with Crippen LogP contribution < -0.4 is 5.56 Å². The van der Waals surface area contributed by atoms with Crippen LogP contribution in [0.3, 0.4) is 0 Å². The third-order valence-corrected chi connectivity index (χ3v) is 6.10. The molecule has 0 amide bonds. The monoisotopic (exact) mass is 384 g/mol. The highest BCUT2D eigenvalue weighted by atomic mass is 35.5. The van der Waals surface area contributed by atoms with E-state index in [-0.39, 0.29) is 12.1 Å². The molecule has 8 heteroatoms. The first kappa shape index (κ1) is 15.7. The number of aromatic nitrogens is 4. The summed E-state index contributed by atoms with van der Waals surface area (Å²) in [5.74, 6) is 0.680. The Balaban J connectivity index is 1.52. The largest absolute Gasteiger partial charge is 0.419 e. The van der Waals surface area contributed by atoms with Gasteiger partial charge in [0.2, 0.25) is 11.8 Å². The van der Waals surface area contributed by atoms with Gasteiger partial charge in [-0.1, -0.05) is 23.7 Å². The van der Waals surface area contributed by atoms with E-state index >= 15 is 0 Å². The topological polar surface area (TPSA) is 73.8 Å². The molecule has 0 unspecified atom stereocenters. The van der Waals surface area contributed by atoms with Crippen molar-refractivity contribution in [1.29, 1.82) is 0 Å². The highest BCUT2D eigenvalue weighted by Gasteiger charge is 2.22. The Morgan fingerprint density at radius 2 is 2.12 bits per heavy atom. The molecule has 0 bridgehead atoms. The molecule has 1 aliphatic carbocycles. The average molecular weight is 385 g/mol.